The molecule has 0 amide bonds. The molecule has 0 spiro atoms. The van der Waals surface area contributed by atoms with Crippen LogP contribution in [0.15, 0.2) is 10.2 Å². The van der Waals surface area contributed by atoms with Crippen molar-refractivity contribution < 1.29 is 0 Å². The van der Waals surface area contributed by atoms with Crippen molar-refractivity contribution in [1.29, 1.82) is 0 Å². The van der Waals surface area contributed by atoms with Crippen molar-refractivity contribution in [2.24, 2.45) is 10.2 Å². The molecule has 2 N–H and O–H groups in total. The standard InChI is InChI=1S/C2H2N4/c3-1(4-3)2-5-6-2/h(H,3,4)(H,5,6). The van der Waals surface area contributed by atoms with Crippen molar-refractivity contribution in [3.8, 4) is 0 Å². The summed E-state index contributed by atoms with van der Waals surface area (Å²) in [5.74, 6) is 1.77. The van der Waals surface area contributed by atoms with Crippen molar-refractivity contribution in [3.05, 3.63) is 0 Å². The third kappa shape index (κ3) is 0.138. The van der Waals surface area contributed by atoms with Gasteiger partial charge in [0, 0.05) is 0 Å². The highest BCUT2D eigenvalue weighted by atomic mass is 15.6. The monoisotopic (exact) mass is 82.0 g/mol. The average Bonchev–Trinajstić information content (AvgIpc) is 2.26. The number of nitrogens with zero attached hydrogens (tertiary/aromatic N) is 2. The lowest BCUT2D eigenvalue weighted by Gasteiger charge is -1.56. The highest BCUT2D eigenvalue weighted by Crippen LogP contribution is 1.95. The molecule has 0 aromatic rings. The SMILES string of the molecule is N1=C(C2=NN2)N1. The van der Waals surface area contributed by atoms with Crippen molar-refractivity contribution in [2.75, 3.05) is 0 Å². The van der Waals surface area contributed by atoms with Crippen LogP contribution in [0.25, 0.3) is 0 Å². The van der Waals surface area contributed by atoms with E-state index < -0.39 is 0 Å². The summed E-state index contributed by atoms with van der Waals surface area (Å²) in [7, 11) is 0. The molecule has 0 atom stereocenters. The zero-order valence-electron chi connectivity index (χ0n) is 2.89. The number of hydrogen-bond acceptors (Lipinski definition) is 4. The van der Waals surface area contributed by atoms with Crippen LogP contribution >= 0.6 is 0 Å². The number of nitrogens with one attached hydrogen (secondary N) is 2. The fraction of sp³-hybridized carbons (Fsp3) is 0. The van der Waals surface area contributed by atoms with Gasteiger partial charge in [0.2, 0.25) is 11.7 Å². The van der Waals surface area contributed by atoms with Gasteiger partial charge in [-0.3, -0.25) is 10.9 Å². The summed E-state index contributed by atoms with van der Waals surface area (Å²) in [4.78, 5) is 0. The topological polar surface area (TPSA) is 68.6 Å². The molecule has 0 aromatic heterocycles. The predicted octanol–water partition coefficient (Wildman–Crippen LogP) is -1.18. The molecule has 6 heavy (non-hydrogen) atoms. The normalized spacial score (nSPS) is 22.7. The quantitative estimate of drug-likeness (QED) is 0.418. The van der Waals surface area contributed by atoms with Crippen LogP contribution in [0.1, 0.15) is 0 Å². The van der Waals surface area contributed by atoms with Gasteiger partial charge in [0.05, 0.1) is 0 Å². The fourth-order valence-electron chi connectivity index (χ4n) is 0.268. The van der Waals surface area contributed by atoms with Gasteiger partial charge in [-0.1, -0.05) is 0 Å². The van der Waals surface area contributed by atoms with Crippen LogP contribution in [0.2, 0.25) is 0 Å². The lowest BCUT2D eigenvalue weighted by atomic mass is 10.7. The minimum absolute atomic E-state index is 0.884. The number of hydrazone groups is 2. The highest BCUT2D eigenvalue weighted by Gasteiger charge is 2.24. The Balaban J connectivity index is 2.26. The Morgan fingerprint density at radius 3 is 1.50 bits per heavy atom. The lowest BCUT2D eigenvalue weighted by Crippen LogP contribution is -2.03. The van der Waals surface area contributed by atoms with E-state index in [4.69, 9.17) is 0 Å². The van der Waals surface area contributed by atoms with Gasteiger partial charge in [-0.15, -0.1) is 0 Å². The van der Waals surface area contributed by atoms with Crippen LogP contribution in [-0.2, 0) is 0 Å². The summed E-state index contributed by atoms with van der Waals surface area (Å²) < 4.78 is 0. The van der Waals surface area contributed by atoms with E-state index in [9.17, 15) is 0 Å². The first kappa shape index (κ1) is 2.17. The van der Waals surface area contributed by atoms with Gasteiger partial charge >= 0.3 is 0 Å². The molecule has 0 saturated carbocycles. The maximum atomic E-state index is 3.64. The van der Waals surface area contributed by atoms with E-state index in [0.717, 1.165) is 11.7 Å². The van der Waals surface area contributed by atoms with E-state index in [2.05, 4.69) is 21.1 Å². The van der Waals surface area contributed by atoms with Crippen LogP contribution in [0.3, 0.4) is 0 Å². The third-order valence-corrected chi connectivity index (χ3v) is 0.672. The third-order valence-electron chi connectivity index (χ3n) is 0.672. The molecular weight excluding hydrogens is 80.0 g/mol. The molecule has 0 radical (unpaired) electrons. The fourth-order valence-corrected chi connectivity index (χ4v) is 0.268. The molecular formula is C2H2N4. The van der Waals surface area contributed by atoms with Crippen molar-refractivity contribution in [2.45, 2.75) is 0 Å². The van der Waals surface area contributed by atoms with Crippen LogP contribution in [0, 0.1) is 0 Å². The van der Waals surface area contributed by atoms with Crippen molar-refractivity contribution >= 4 is 11.7 Å². The Morgan fingerprint density at radius 2 is 1.33 bits per heavy atom. The Labute approximate surface area is 33.9 Å². The maximum absolute atomic E-state index is 3.64. The smallest absolute Gasteiger partial charge is 0.213 e. The van der Waals surface area contributed by atoms with Crippen LogP contribution < -0.4 is 10.9 Å². The van der Waals surface area contributed by atoms with Crippen molar-refractivity contribution in [3.63, 3.8) is 0 Å². The largest absolute Gasteiger partial charge is 0.254 e. The molecule has 2 heterocycles. The zero-order valence-corrected chi connectivity index (χ0v) is 2.89. The van der Waals surface area contributed by atoms with E-state index in [1.807, 2.05) is 0 Å². The summed E-state index contributed by atoms with van der Waals surface area (Å²) in [5.41, 5.74) is 5.29. The minimum atomic E-state index is 0.884. The van der Waals surface area contributed by atoms with Gasteiger partial charge in [0.25, 0.3) is 0 Å². The number of amidine groups is 2. The Morgan fingerprint density at radius 1 is 1.00 bits per heavy atom. The molecule has 2 aliphatic heterocycles. The lowest BCUT2D eigenvalue weighted by molar-refractivity contribution is 1.25. The number of rotatable bonds is 1. The summed E-state index contributed by atoms with van der Waals surface area (Å²) in [6, 6.07) is 0. The molecule has 4 heteroatoms. The van der Waals surface area contributed by atoms with Gasteiger partial charge in [0.1, 0.15) is 0 Å². The molecule has 0 fully saturated rings. The molecule has 0 bridgehead atoms. The highest BCUT2D eigenvalue weighted by molar-refractivity contribution is 6.47. The second kappa shape index (κ2) is 0.426. The Kier molecular flexibility index (Phi) is 0.154. The van der Waals surface area contributed by atoms with E-state index in [-0.39, 0.29) is 0 Å². The molecule has 2 aliphatic rings. The van der Waals surface area contributed by atoms with Crippen LogP contribution in [-0.4, -0.2) is 11.7 Å². The van der Waals surface area contributed by atoms with Gasteiger partial charge < -0.3 is 0 Å². The average molecular weight is 82.1 g/mol. The van der Waals surface area contributed by atoms with Gasteiger partial charge in [0.15, 0.2) is 0 Å². The predicted molar refractivity (Wildman–Crippen MR) is 21.1 cm³/mol. The van der Waals surface area contributed by atoms with E-state index in [1.165, 1.54) is 0 Å². The Hall–Kier alpha value is -1.06. The summed E-state index contributed by atoms with van der Waals surface area (Å²) in [6.07, 6.45) is 0. The zero-order chi connectivity index (χ0) is 3.98. The number of hydrogen-bond donors (Lipinski definition) is 2. The second-order valence-corrected chi connectivity index (χ2v) is 1.14. The molecule has 2 rings (SSSR count). The molecule has 30 valence electrons. The Bertz CT molecular complexity index is 126. The summed E-state index contributed by atoms with van der Waals surface area (Å²) >= 11 is 0. The summed E-state index contributed by atoms with van der Waals surface area (Å²) in [6.45, 7) is 0. The van der Waals surface area contributed by atoms with E-state index in [0.29, 0.717) is 0 Å². The molecule has 4 nitrogen and oxygen atoms in total. The first-order chi connectivity index (χ1) is 2.97. The van der Waals surface area contributed by atoms with E-state index >= 15 is 0 Å². The molecule has 0 aliphatic carbocycles. The first-order valence-electron chi connectivity index (χ1n) is 1.64. The van der Waals surface area contributed by atoms with E-state index in [1.54, 1.807) is 0 Å². The van der Waals surface area contributed by atoms with Gasteiger partial charge in [-0.2, -0.15) is 10.2 Å². The maximum Gasteiger partial charge on any atom is 0.213 e. The first-order valence-corrected chi connectivity index (χ1v) is 1.64. The van der Waals surface area contributed by atoms with Crippen LogP contribution in [0.5, 0.6) is 0 Å². The van der Waals surface area contributed by atoms with Gasteiger partial charge in [-0.05, 0) is 0 Å². The molecule has 0 saturated heterocycles. The van der Waals surface area contributed by atoms with Crippen molar-refractivity contribution in [1.82, 2.24) is 10.9 Å². The van der Waals surface area contributed by atoms with Crippen LogP contribution in [0.4, 0.5) is 0 Å². The van der Waals surface area contributed by atoms with Gasteiger partial charge in [-0.25, -0.2) is 0 Å². The molecule has 0 aromatic carbocycles. The summed E-state index contributed by atoms with van der Waals surface area (Å²) in [5, 5.41) is 7.28. The second-order valence-electron chi connectivity index (χ2n) is 1.14. The minimum Gasteiger partial charge on any atom is -0.254 e. The molecule has 0 unspecified atom stereocenters.